The van der Waals surface area contributed by atoms with Crippen molar-refractivity contribution in [2.45, 2.75) is 34.6 Å². The van der Waals surface area contributed by atoms with Crippen LogP contribution in [0.4, 0.5) is 0 Å². The van der Waals surface area contributed by atoms with E-state index in [1.807, 2.05) is 6.92 Å². The van der Waals surface area contributed by atoms with Crippen LogP contribution in [0, 0.1) is 0 Å². The monoisotopic (exact) mass is 126 g/mol. The molecule has 0 unspecified atom stereocenters. The molecule has 0 aromatic carbocycles. The summed E-state index contributed by atoms with van der Waals surface area (Å²) in [6.45, 7) is 6.30. The van der Waals surface area contributed by atoms with Crippen molar-refractivity contribution in [3.8, 4) is 0 Å². The highest BCUT2D eigenvalue weighted by atomic mass is 13.8. The molecule has 0 heterocycles. The molecule has 0 aliphatic carbocycles. The zero-order valence-corrected chi connectivity index (χ0v) is 5.94. The molecule has 54 valence electrons. The van der Waals surface area contributed by atoms with Gasteiger partial charge in [0.2, 0.25) is 0 Å². The quantitative estimate of drug-likeness (QED) is 0.496. The van der Waals surface area contributed by atoms with Gasteiger partial charge >= 0.3 is 0 Å². The molecule has 0 aliphatic heterocycles. The Balaban J connectivity index is 0. The van der Waals surface area contributed by atoms with E-state index < -0.39 is 0 Å². The van der Waals surface area contributed by atoms with E-state index in [-0.39, 0.29) is 7.43 Å². The van der Waals surface area contributed by atoms with Crippen LogP contribution in [0.25, 0.3) is 0 Å². The molecule has 0 rings (SSSR count). The van der Waals surface area contributed by atoms with Crippen LogP contribution in [0.15, 0.2) is 23.8 Å². The average molecular weight is 126 g/mol. The normalized spacial score (nSPS) is 11.7. The molecule has 0 spiro atoms. The van der Waals surface area contributed by atoms with Gasteiger partial charge in [-0.3, -0.25) is 0 Å². The number of allylic oxidation sites excluding steroid dienone is 4. The van der Waals surface area contributed by atoms with Gasteiger partial charge in [0.25, 0.3) is 0 Å². The minimum Gasteiger partial charge on any atom is -0.0874 e. The van der Waals surface area contributed by atoms with Gasteiger partial charge in [-0.2, -0.15) is 0 Å². The number of rotatable bonds is 2. The summed E-state index contributed by atoms with van der Waals surface area (Å²) < 4.78 is 0. The second-order valence-corrected chi connectivity index (χ2v) is 1.86. The maximum absolute atomic E-state index is 2.21. The largest absolute Gasteiger partial charge is 0.0874 e. The van der Waals surface area contributed by atoms with Gasteiger partial charge in [-0.25, -0.2) is 0 Å². The van der Waals surface area contributed by atoms with Crippen LogP contribution in [0.2, 0.25) is 0 Å². The van der Waals surface area contributed by atoms with Crippen molar-refractivity contribution in [1.29, 1.82) is 0 Å². The Labute approximate surface area is 59.3 Å². The molecule has 0 nitrogen and oxygen atoms in total. The summed E-state index contributed by atoms with van der Waals surface area (Å²) >= 11 is 0. The lowest BCUT2D eigenvalue weighted by molar-refractivity contribution is 1.20. The molecule has 0 fully saturated rings. The molecule has 0 atom stereocenters. The van der Waals surface area contributed by atoms with E-state index >= 15 is 0 Å². The lowest BCUT2D eigenvalue weighted by Gasteiger charge is -1.85. The molecule has 0 amide bonds. The fraction of sp³-hybridized carbons (Fsp3) is 0.556. The Morgan fingerprint density at radius 1 is 1.44 bits per heavy atom. The third-order valence-corrected chi connectivity index (χ3v) is 0.956. The summed E-state index contributed by atoms with van der Waals surface area (Å²) in [5.74, 6) is 0. The van der Waals surface area contributed by atoms with Gasteiger partial charge < -0.3 is 0 Å². The first-order valence-corrected chi connectivity index (χ1v) is 3.10. The van der Waals surface area contributed by atoms with Gasteiger partial charge in [0.1, 0.15) is 0 Å². The molecule has 0 aromatic rings. The Bertz CT molecular complexity index is 96.6. The maximum Gasteiger partial charge on any atom is -0.0374 e. The van der Waals surface area contributed by atoms with E-state index in [0.29, 0.717) is 0 Å². The van der Waals surface area contributed by atoms with Gasteiger partial charge in [-0.1, -0.05) is 38.2 Å². The highest BCUT2D eigenvalue weighted by Crippen LogP contribution is 1.95. The minimum absolute atomic E-state index is 0. The van der Waals surface area contributed by atoms with E-state index in [1.165, 1.54) is 5.57 Å². The predicted octanol–water partition coefficient (Wildman–Crippen LogP) is 3.55. The van der Waals surface area contributed by atoms with Gasteiger partial charge in [-0.05, 0) is 20.3 Å². The van der Waals surface area contributed by atoms with E-state index in [4.69, 9.17) is 0 Å². The van der Waals surface area contributed by atoms with Gasteiger partial charge in [0.15, 0.2) is 0 Å². The van der Waals surface area contributed by atoms with Crippen molar-refractivity contribution in [1.82, 2.24) is 0 Å². The fourth-order valence-electron chi connectivity index (χ4n) is 0.653. The highest BCUT2D eigenvalue weighted by Gasteiger charge is 1.74. The molecule has 9 heavy (non-hydrogen) atoms. The smallest absolute Gasteiger partial charge is 0.0374 e. The second kappa shape index (κ2) is 7.48. The summed E-state index contributed by atoms with van der Waals surface area (Å²) in [5, 5.41) is 0. The summed E-state index contributed by atoms with van der Waals surface area (Å²) in [6.07, 6.45) is 7.52. The first-order valence-electron chi connectivity index (χ1n) is 3.10. The Morgan fingerprint density at radius 2 is 2.00 bits per heavy atom. The number of hydrogen-bond acceptors (Lipinski definition) is 0. The molecule has 0 saturated carbocycles. The van der Waals surface area contributed by atoms with Crippen molar-refractivity contribution < 1.29 is 0 Å². The zero-order chi connectivity index (χ0) is 6.41. The maximum atomic E-state index is 2.21. The average Bonchev–Trinajstić information content (AvgIpc) is 1.68. The van der Waals surface area contributed by atoms with E-state index in [9.17, 15) is 0 Å². The van der Waals surface area contributed by atoms with E-state index in [2.05, 4.69) is 32.1 Å². The van der Waals surface area contributed by atoms with Gasteiger partial charge in [-0.15, -0.1) is 0 Å². The topological polar surface area (TPSA) is 0 Å². The van der Waals surface area contributed by atoms with Crippen LogP contribution in [0.3, 0.4) is 0 Å². The van der Waals surface area contributed by atoms with Crippen molar-refractivity contribution in [3.05, 3.63) is 23.8 Å². The third-order valence-electron chi connectivity index (χ3n) is 0.956. The summed E-state index contributed by atoms with van der Waals surface area (Å²) in [5.41, 5.74) is 1.36. The van der Waals surface area contributed by atoms with Crippen molar-refractivity contribution in [2.24, 2.45) is 0 Å². The third kappa shape index (κ3) is 7.48. The van der Waals surface area contributed by atoms with Gasteiger partial charge in [0.05, 0.1) is 0 Å². The Kier molecular flexibility index (Phi) is 9.39. The standard InChI is InChI=1S/C8H14.CH4/c1-4-6-8(3)7-5-2;/h4,6-7H,5H2,1-3H3;1H4/b6-4-,8-7-;. The molecule has 0 saturated heterocycles. The molecule has 0 heteroatoms. The van der Waals surface area contributed by atoms with E-state index in [1.54, 1.807) is 0 Å². The van der Waals surface area contributed by atoms with Crippen molar-refractivity contribution in [3.63, 3.8) is 0 Å². The van der Waals surface area contributed by atoms with Crippen LogP contribution in [0.1, 0.15) is 34.6 Å². The summed E-state index contributed by atoms with van der Waals surface area (Å²) in [7, 11) is 0. The molecule has 0 aliphatic rings. The second-order valence-electron chi connectivity index (χ2n) is 1.86. The van der Waals surface area contributed by atoms with E-state index in [0.717, 1.165) is 6.42 Å². The molecule has 0 N–H and O–H groups in total. The number of hydrogen-bond donors (Lipinski definition) is 0. The molecular weight excluding hydrogens is 108 g/mol. The lowest BCUT2D eigenvalue weighted by Crippen LogP contribution is -1.64. The van der Waals surface area contributed by atoms with Crippen molar-refractivity contribution >= 4 is 0 Å². The highest BCUT2D eigenvalue weighted by molar-refractivity contribution is 5.14. The first-order chi connectivity index (χ1) is 3.81. The lowest BCUT2D eigenvalue weighted by atomic mass is 10.2. The Hall–Kier alpha value is -0.520. The van der Waals surface area contributed by atoms with Crippen LogP contribution in [-0.2, 0) is 0 Å². The molecular formula is C9H18. The Morgan fingerprint density at radius 3 is 2.33 bits per heavy atom. The van der Waals surface area contributed by atoms with Gasteiger partial charge in [0, 0.05) is 0 Å². The zero-order valence-electron chi connectivity index (χ0n) is 5.94. The fourth-order valence-corrected chi connectivity index (χ4v) is 0.653. The SMILES string of the molecule is C.C/C=C\C(C)=C/CC. The van der Waals surface area contributed by atoms with Crippen LogP contribution < -0.4 is 0 Å². The summed E-state index contributed by atoms with van der Waals surface area (Å²) in [6, 6.07) is 0. The summed E-state index contributed by atoms with van der Waals surface area (Å²) in [4.78, 5) is 0. The molecule has 0 bridgehead atoms. The van der Waals surface area contributed by atoms with Crippen LogP contribution in [-0.4, -0.2) is 0 Å². The van der Waals surface area contributed by atoms with Crippen molar-refractivity contribution in [2.75, 3.05) is 0 Å². The minimum atomic E-state index is 0. The van der Waals surface area contributed by atoms with Crippen LogP contribution >= 0.6 is 0 Å². The predicted molar refractivity (Wildman–Crippen MR) is 45.6 cm³/mol. The molecule has 0 aromatic heterocycles. The molecule has 0 radical (unpaired) electrons. The van der Waals surface area contributed by atoms with Crippen LogP contribution in [0.5, 0.6) is 0 Å². The first kappa shape index (κ1) is 11.3.